The second-order valence-electron chi connectivity index (χ2n) is 3.00. The molecule has 0 aliphatic carbocycles. The van der Waals surface area contributed by atoms with Crippen molar-refractivity contribution in [2.75, 3.05) is 6.54 Å². The lowest BCUT2D eigenvalue weighted by atomic mass is 10.2. The van der Waals surface area contributed by atoms with Gasteiger partial charge in [-0.1, -0.05) is 17.5 Å². The molecule has 1 amide bonds. The molecule has 1 N–H and O–H groups in total. The molecule has 0 radical (unpaired) electrons. The van der Waals surface area contributed by atoms with E-state index in [1.807, 2.05) is 0 Å². The van der Waals surface area contributed by atoms with Gasteiger partial charge in [0.15, 0.2) is 0 Å². The minimum Gasteiger partial charge on any atom is -0.341 e. The molecule has 0 aromatic heterocycles. The molecule has 0 bridgehead atoms. The number of carbonyl (C=O) groups excluding carboxylic acids is 1. The third-order valence-corrected chi connectivity index (χ3v) is 3.32. The van der Waals surface area contributed by atoms with Gasteiger partial charge < -0.3 is 5.32 Å². The van der Waals surface area contributed by atoms with Gasteiger partial charge in [-0.15, -0.1) is 6.42 Å². The Kier molecular flexibility index (Phi) is 4.40. The number of hydrogen-bond donors (Lipinski definition) is 1. The fourth-order valence-electron chi connectivity index (χ4n) is 1.07. The Balaban J connectivity index is 3.15. The van der Waals surface area contributed by atoms with Crippen LogP contribution >= 0.6 is 22.3 Å². The maximum absolute atomic E-state index is 11.5. The first-order valence-electron chi connectivity index (χ1n) is 4.31. The maximum atomic E-state index is 11.5. The summed E-state index contributed by atoms with van der Waals surface area (Å²) >= 11 is 5.69. The van der Waals surface area contributed by atoms with Crippen LogP contribution < -0.4 is 5.32 Å². The molecular weight excluding hydrogens is 285 g/mol. The van der Waals surface area contributed by atoms with Crippen molar-refractivity contribution in [2.24, 2.45) is 0 Å². The van der Waals surface area contributed by atoms with E-state index in [-0.39, 0.29) is 22.0 Å². The smallest absolute Gasteiger partial charge is 0.261 e. The summed E-state index contributed by atoms with van der Waals surface area (Å²) in [6.45, 7) is 0.0360. The molecule has 0 aliphatic heterocycles. The molecule has 0 aliphatic rings. The van der Waals surface area contributed by atoms with Gasteiger partial charge in [0.2, 0.25) is 0 Å². The van der Waals surface area contributed by atoms with Crippen LogP contribution in [0.3, 0.4) is 0 Å². The van der Waals surface area contributed by atoms with Crippen molar-refractivity contribution < 1.29 is 13.2 Å². The second kappa shape index (κ2) is 5.41. The predicted molar refractivity (Wildman–Crippen MR) is 65.7 cm³/mol. The summed E-state index contributed by atoms with van der Waals surface area (Å²) in [7, 11) is 1.23. The maximum Gasteiger partial charge on any atom is 0.261 e. The number of amides is 1. The van der Waals surface area contributed by atoms with Crippen LogP contribution in [-0.2, 0) is 9.05 Å². The fourth-order valence-corrected chi connectivity index (χ4v) is 2.17. The molecule has 0 unspecified atom stereocenters. The van der Waals surface area contributed by atoms with Gasteiger partial charge in [0.1, 0.15) is 0 Å². The first-order valence-corrected chi connectivity index (χ1v) is 7.00. The monoisotopic (exact) mass is 291 g/mol. The summed E-state index contributed by atoms with van der Waals surface area (Å²) in [6, 6.07) is 3.60. The highest BCUT2D eigenvalue weighted by molar-refractivity contribution is 8.13. The van der Waals surface area contributed by atoms with Crippen molar-refractivity contribution in [1.82, 2.24) is 5.32 Å². The minimum absolute atomic E-state index is 0.0360. The number of rotatable bonds is 3. The first kappa shape index (κ1) is 13.8. The van der Waals surface area contributed by atoms with E-state index in [0.717, 1.165) is 12.1 Å². The Bertz CT molecular complexity index is 590. The van der Waals surface area contributed by atoms with Crippen LogP contribution in [0.15, 0.2) is 23.1 Å². The molecule has 1 rings (SSSR count). The number of halogens is 2. The Hall–Kier alpha value is -1.22. The summed E-state index contributed by atoms with van der Waals surface area (Å²) in [5.41, 5.74) is 0.0759. The quantitative estimate of drug-likeness (QED) is 0.680. The summed E-state index contributed by atoms with van der Waals surface area (Å²) in [6.07, 6.45) is 4.98. The largest absolute Gasteiger partial charge is 0.341 e. The van der Waals surface area contributed by atoms with E-state index >= 15 is 0 Å². The van der Waals surface area contributed by atoms with E-state index < -0.39 is 15.0 Å². The number of nitrogens with one attached hydrogen (secondary N) is 1. The molecule has 90 valence electrons. The van der Waals surface area contributed by atoms with Gasteiger partial charge in [-0.2, -0.15) is 0 Å². The van der Waals surface area contributed by atoms with Gasteiger partial charge >= 0.3 is 0 Å². The lowest BCUT2D eigenvalue weighted by Crippen LogP contribution is -2.23. The molecule has 0 spiro atoms. The normalized spacial score (nSPS) is 10.6. The van der Waals surface area contributed by atoms with Crippen molar-refractivity contribution in [3.8, 4) is 12.3 Å². The zero-order valence-corrected chi connectivity index (χ0v) is 10.7. The van der Waals surface area contributed by atoms with Gasteiger partial charge in [0.25, 0.3) is 15.0 Å². The van der Waals surface area contributed by atoms with Crippen molar-refractivity contribution in [1.29, 1.82) is 0 Å². The van der Waals surface area contributed by atoms with Crippen molar-refractivity contribution in [3.63, 3.8) is 0 Å². The summed E-state index contributed by atoms with van der Waals surface area (Å²) in [4.78, 5) is 11.3. The molecular formula is C10H7Cl2NO3S. The van der Waals surface area contributed by atoms with Crippen LogP contribution in [0.1, 0.15) is 10.4 Å². The van der Waals surface area contributed by atoms with Crippen LogP contribution in [0, 0.1) is 12.3 Å². The van der Waals surface area contributed by atoms with Gasteiger partial charge in [-0.3, -0.25) is 4.79 Å². The molecule has 1 aromatic rings. The van der Waals surface area contributed by atoms with Gasteiger partial charge in [-0.25, -0.2) is 8.42 Å². The molecule has 0 atom stereocenters. The molecule has 0 heterocycles. The lowest BCUT2D eigenvalue weighted by Gasteiger charge is -2.04. The van der Waals surface area contributed by atoms with E-state index in [0.29, 0.717) is 0 Å². The standard InChI is InChI=1S/C10H7Cl2NO3S/c1-2-3-13-10(14)7-4-8(11)6-9(5-7)17(12,15)16/h1,4-6H,3H2,(H,13,14). The number of carbonyl (C=O) groups is 1. The zero-order valence-electron chi connectivity index (χ0n) is 8.41. The zero-order chi connectivity index (χ0) is 13.1. The average Bonchev–Trinajstić information content (AvgIpc) is 2.23. The van der Waals surface area contributed by atoms with Crippen LogP contribution in [0.5, 0.6) is 0 Å². The number of hydrogen-bond acceptors (Lipinski definition) is 3. The molecule has 7 heteroatoms. The summed E-state index contributed by atoms with van der Waals surface area (Å²) in [5, 5.41) is 2.48. The molecule has 0 fully saturated rings. The topological polar surface area (TPSA) is 63.2 Å². The lowest BCUT2D eigenvalue weighted by molar-refractivity contribution is 0.0958. The van der Waals surface area contributed by atoms with Gasteiger partial charge in [0.05, 0.1) is 11.4 Å². The third-order valence-electron chi connectivity index (χ3n) is 1.77. The SMILES string of the molecule is C#CCNC(=O)c1cc(Cl)cc(S(=O)(=O)Cl)c1. The summed E-state index contributed by atoms with van der Waals surface area (Å²) < 4.78 is 22.2. The van der Waals surface area contributed by atoms with E-state index in [1.54, 1.807) is 0 Å². The molecule has 1 aromatic carbocycles. The molecule has 0 saturated heterocycles. The fraction of sp³-hybridized carbons (Fsp3) is 0.100. The predicted octanol–water partition coefficient (Wildman–Crippen LogP) is 1.63. The first-order chi connectivity index (χ1) is 7.84. The van der Waals surface area contributed by atoms with Crippen molar-refractivity contribution in [2.45, 2.75) is 4.90 Å². The van der Waals surface area contributed by atoms with E-state index in [9.17, 15) is 13.2 Å². The Morgan fingerprint density at radius 2 is 2.06 bits per heavy atom. The average molecular weight is 292 g/mol. The number of terminal acetylenes is 1. The minimum atomic E-state index is -3.93. The molecule has 0 saturated carbocycles. The van der Waals surface area contributed by atoms with Crippen LogP contribution in [0.4, 0.5) is 0 Å². The van der Waals surface area contributed by atoms with E-state index in [4.69, 9.17) is 28.7 Å². The van der Waals surface area contributed by atoms with Crippen LogP contribution in [-0.4, -0.2) is 20.9 Å². The second-order valence-corrected chi connectivity index (χ2v) is 6.00. The Morgan fingerprint density at radius 1 is 1.41 bits per heavy atom. The molecule has 4 nitrogen and oxygen atoms in total. The number of benzene rings is 1. The van der Waals surface area contributed by atoms with E-state index in [1.165, 1.54) is 6.07 Å². The molecule has 17 heavy (non-hydrogen) atoms. The Labute approximate surface area is 108 Å². The van der Waals surface area contributed by atoms with Gasteiger partial charge in [0, 0.05) is 21.3 Å². The Morgan fingerprint density at radius 3 is 2.59 bits per heavy atom. The van der Waals surface area contributed by atoms with Crippen molar-refractivity contribution in [3.05, 3.63) is 28.8 Å². The van der Waals surface area contributed by atoms with Crippen molar-refractivity contribution >= 4 is 37.2 Å². The highest BCUT2D eigenvalue weighted by Crippen LogP contribution is 2.21. The van der Waals surface area contributed by atoms with E-state index in [2.05, 4.69) is 11.2 Å². The summed E-state index contributed by atoms with van der Waals surface area (Å²) in [5.74, 6) is 1.70. The highest BCUT2D eigenvalue weighted by atomic mass is 35.7. The van der Waals surface area contributed by atoms with Crippen LogP contribution in [0.2, 0.25) is 5.02 Å². The highest BCUT2D eigenvalue weighted by Gasteiger charge is 2.15. The van der Waals surface area contributed by atoms with Crippen LogP contribution in [0.25, 0.3) is 0 Å². The third kappa shape index (κ3) is 3.93. The van der Waals surface area contributed by atoms with Gasteiger partial charge in [-0.05, 0) is 18.2 Å².